The number of nitrogens with zero attached hydrogens (tertiary/aromatic N) is 2. The fraction of sp³-hybridized carbons (Fsp3) is 0.350. The molecule has 1 aliphatic rings. The molecule has 2 aromatic heterocycles. The van der Waals surface area contributed by atoms with Gasteiger partial charge < -0.3 is 9.84 Å². The van der Waals surface area contributed by atoms with Crippen molar-refractivity contribution in [3.8, 4) is 11.3 Å². The molecule has 0 saturated carbocycles. The van der Waals surface area contributed by atoms with Crippen molar-refractivity contribution >= 4 is 22.4 Å². The Labute approximate surface area is 156 Å². The number of nitrogens with one attached hydrogen (secondary N) is 1. The Kier molecular flexibility index (Phi) is 4.59. The van der Waals surface area contributed by atoms with Crippen molar-refractivity contribution in [3.05, 3.63) is 51.7 Å². The van der Waals surface area contributed by atoms with E-state index in [4.69, 9.17) is 4.52 Å². The van der Waals surface area contributed by atoms with Crippen LogP contribution in [0.2, 0.25) is 0 Å². The molecule has 0 atom stereocenters. The monoisotopic (exact) mass is 367 g/mol. The number of benzene rings is 1. The van der Waals surface area contributed by atoms with Gasteiger partial charge in [-0.3, -0.25) is 4.79 Å². The van der Waals surface area contributed by atoms with Crippen LogP contribution in [0.4, 0.5) is 5.13 Å². The van der Waals surface area contributed by atoms with Crippen molar-refractivity contribution in [2.45, 2.75) is 46.0 Å². The molecule has 0 saturated heterocycles. The Bertz CT molecular complexity index is 938. The van der Waals surface area contributed by atoms with Gasteiger partial charge in [0, 0.05) is 16.5 Å². The summed E-state index contributed by atoms with van der Waals surface area (Å²) in [7, 11) is 0. The summed E-state index contributed by atoms with van der Waals surface area (Å²) in [6, 6.07) is 6.60. The number of anilines is 1. The summed E-state index contributed by atoms with van der Waals surface area (Å²) in [5.41, 5.74) is 6.53. The number of carbonyl (C=O) groups is 1. The Morgan fingerprint density at radius 1 is 1.23 bits per heavy atom. The zero-order valence-electron chi connectivity index (χ0n) is 15.0. The molecular formula is C20H21N3O2S. The zero-order valence-corrected chi connectivity index (χ0v) is 15.8. The lowest BCUT2D eigenvalue weighted by molar-refractivity contribution is -0.115. The van der Waals surface area contributed by atoms with Crippen LogP contribution in [0.5, 0.6) is 0 Å². The van der Waals surface area contributed by atoms with E-state index in [1.54, 1.807) is 0 Å². The second kappa shape index (κ2) is 7.03. The largest absolute Gasteiger partial charge is 0.361 e. The molecule has 0 fully saturated rings. The first-order valence-electron chi connectivity index (χ1n) is 8.89. The number of aryl methyl sites for hydroxylation is 4. The number of hydrogen-bond acceptors (Lipinski definition) is 5. The van der Waals surface area contributed by atoms with Crippen LogP contribution in [0.3, 0.4) is 0 Å². The van der Waals surface area contributed by atoms with Crippen LogP contribution in [0.25, 0.3) is 11.3 Å². The molecule has 0 unspecified atom stereocenters. The number of thiazole rings is 1. The molecule has 1 amide bonds. The topological polar surface area (TPSA) is 68.0 Å². The van der Waals surface area contributed by atoms with Crippen LogP contribution in [0, 0.1) is 13.8 Å². The van der Waals surface area contributed by atoms with E-state index in [1.807, 2.05) is 19.2 Å². The Balaban J connectivity index is 1.47. The molecule has 0 aliphatic heterocycles. The predicted molar refractivity (Wildman–Crippen MR) is 103 cm³/mol. The van der Waals surface area contributed by atoms with Gasteiger partial charge in [-0.1, -0.05) is 17.3 Å². The average Bonchev–Trinajstić information content (AvgIpc) is 3.23. The van der Waals surface area contributed by atoms with Gasteiger partial charge in [0.1, 0.15) is 5.76 Å². The van der Waals surface area contributed by atoms with Crippen LogP contribution in [-0.2, 0) is 24.1 Å². The van der Waals surface area contributed by atoms with Crippen LogP contribution >= 0.6 is 11.3 Å². The molecule has 134 valence electrons. The minimum absolute atomic E-state index is 0.106. The maximum Gasteiger partial charge on any atom is 0.230 e. The van der Waals surface area contributed by atoms with Crippen molar-refractivity contribution in [2.75, 3.05) is 5.32 Å². The number of fused-ring (bicyclic) bond motifs is 1. The van der Waals surface area contributed by atoms with Gasteiger partial charge in [0.2, 0.25) is 5.91 Å². The predicted octanol–water partition coefficient (Wildman–Crippen LogP) is 4.47. The van der Waals surface area contributed by atoms with E-state index in [0.29, 0.717) is 10.9 Å². The van der Waals surface area contributed by atoms with Gasteiger partial charge in [-0.05, 0) is 56.7 Å². The second-order valence-electron chi connectivity index (χ2n) is 6.76. The summed E-state index contributed by atoms with van der Waals surface area (Å²) in [6.07, 6.45) is 5.11. The number of carbonyl (C=O) groups excluding carboxylic acids is 1. The van der Waals surface area contributed by atoms with Crippen molar-refractivity contribution < 1.29 is 9.32 Å². The number of aromatic nitrogens is 2. The normalized spacial score (nSPS) is 13.5. The highest BCUT2D eigenvalue weighted by atomic mass is 32.1. The lowest BCUT2D eigenvalue weighted by atomic mass is 9.90. The van der Waals surface area contributed by atoms with Gasteiger partial charge in [-0.15, -0.1) is 11.3 Å². The summed E-state index contributed by atoms with van der Waals surface area (Å²) in [4.78, 5) is 16.9. The average molecular weight is 367 g/mol. The third kappa shape index (κ3) is 3.42. The lowest BCUT2D eigenvalue weighted by Gasteiger charge is -2.16. The molecule has 3 aromatic rings. The first-order chi connectivity index (χ1) is 12.6. The molecule has 0 spiro atoms. The molecule has 0 radical (unpaired) electrons. The van der Waals surface area contributed by atoms with Gasteiger partial charge >= 0.3 is 0 Å². The molecule has 6 heteroatoms. The molecule has 26 heavy (non-hydrogen) atoms. The first-order valence-corrected chi connectivity index (χ1v) is 9.77. The highest BCUT2D eigenvalue weighted by Crippen LogP contribution is 2.29. The molecule has 5 nitrogen and oxygen atoms in total. The SMILES string of the molecule is Cc1noc(C)c1CC(=O)Nc1nc(-c2ccc3c(c2)CCCC3)cs1. The van der Waals surface area contributed by atoms with Crippen molar-refractivity contribution in [2.24, 2.45) is 0 Å². The summed E-state index contributed by atoms with van der Waals surface area (Å²) in [6.45, 7) is 3.66. The summed E-state index contributed by atoms with van der Waals surface area (Å²) in [5, 5.41) is 9.39. The van der Waals surface area contributed by atoms with E-state index in [-0.39, 0.29) is 12.3 Å². The van der Waals surface area contributed by atoms with Crippen LogP contribution < -0.4 is 5.32 Å². The molecule has 4 rings (SSSR count). The van der Waals surface area contributed by atoms with E-state index in [1.165, 1.54) is 41.7 Å². The fourth-order valence-electron chi connectivity index (χ4n) is 3.43. The van der Waals surface area contributed by atoms with Crippen molar-refractivity contribution in [1.82, 2.24) is 10.1 Å². The minimum atomic E-state index is -0.106. The van der Waals surface area contributed by atoms with Crippen LogP contribution in [0.1, 0.15) is 41.0 Å². The molecular weight excluding hydrogens is 346 g/mol. The Morgan fingerprint density at radius 3 is 2.81 bits per heavy atom. The van der Waals surface area contributed by atoms with E-state index >= 15 is 0 Å². The fourth-order valence-corrected chi connectivity index (χ4v) is 4.17. The molecule has 2 heterocycles. The summed E-state index contributed by atoms with van der Waals surface area (Å²) < 4.78 is 5.11. The van der Waals surface area contributed by atoms with Crippen molar-refractivity contribution in [3.63, 3.8) is 0 Å². The van der Waals surface area contributed by atoms with E-state index < -0.39 is 0 Å². The lowest BCUT2D eigenvalue weighted by Crippen LogP contribution is -2.15. The molecule has 0 bridgehead atoms. The highest BCUT2D eigenvalue weighted by molar-refractivity contribution is 7.14. The molecule has 1 aromatic carbocycles. The van der Waals surface area contributed by atoms with E-state index in [2.05, 4.69) is 33.7 Å². The summed E-state index contributed by atoms with van der Waals surface area (Å²) in [5.74, 6) is 0.581. The van der Waals surface area contributed by atoms with E-state index in [9.17, 15) is 4.79 Å². The van der Waals surface area contributed by atoms with Crippen LogP contribution in [-0.4, -0.2) is 16.0 Å². The summed E-state index contributed by atoms with van der Waals surface area (Å²) >= 11 is 1.45. The van der Waals surface area contributed by atoms with Crippen LogP contribution in [0.15, 0.2) is 28.1 Å². The van der Waals surface area contributed by atoms with Gasteiger partial charge in [0.15, 0.2) is 5.13 Å². The maximum absolute atomic E-state index is 12.3. The zero-order chi connectivity index (χ0) is 18.1. The third-order valence-electron chi connectivity index (χ3n) is 4.91. The Morgan fingerprint density at radius 2 is 2.04 bits per heavy atom. The van der Waals surface area contributed by atoms with Gasteiger partial charge in [0.05, 0.1) is 17.8 Å². The van der Waals surface area contributed by atoms with Gasteiger partial charge in [0.25, 0.3) is 0 Å². The van der Waals surface area contributed by atoms with Gasteiger partial charge in [-0.2, -0.15) is 0 Å². The second-order valence-corrected chi connectivity index (χ2v) is 7.61. The molecule has 1 aliphatic carbocycles. The Hall–Kier alpha value is -2.47. The standard InChI is InChI=1S/C20H21N3O2S/c1-12-17(13(2)25-23-12)10-19(24)22-20-21-18(11-26-20)16-8-7-14-5-3-4-6-15(14)9-16/h7-9,11H,3-6,10H2,1-2H3,(H,21,22,24). The van der Waals surface area contributed by atoms with Gasteiger partial charge in [-0.25, -0.2) is 4.98 Å². The first kappa shape index (κ1) is 17.0. The third-order valence-corrected chi connectivity index (χ3v) is 5.67. The number of hydrogen-bond donors (Lipinski definition) is 1. The number of amides is 1. The molecule has 1 N–H and O–H groups in total. The van der Waals surface area contributed by atoms with E-state index in [0.717, 1.165) is 28.9 Å². The quantitative estimate of drug-likeness (QED) is 0.738. The van der Waals surface area contributed by atoms with Crippen molar-refractivity contribution in [1.29, 1.82) is 0 Å². The smallest absolute Gasteiger partial charge is 0.230 e. The highest BCUT2D eigenvalue weighted by Gasteiger charge is 2.16. The minimum Gasteiger partial charge on any atom is -0.361 e. The number of rotatable bonds is 4. The maximum atomic E-state index is 12.3.